The molecule has 4 N–H and O–H groups in total. The predicted octanol–water partition coefficient (Wildman–Crippen LogP) is 1.93. The van der Waals surface area contributed by atoms with Gasteiger partial charge in [0, 0.05) is 12.1 Å². The van der Waals surface area contributed by atoms with Crippen LogP contribution in [0, 0.1) is 0 Å². The Bertz CT molecular complexity index is 895. The van der Waals surface area contributed by atoms with Crippen molar-refractivity contribution in [2.45, 2.75) is 25.8 Å². The molecule has 2 aromatic rings. The summed E-state index contributed by atoms with van der Waals surface area (Å²) in [4.78, 5) is 35.1. The molecule has 3 rings (SSSR count). The van der Waals surface area contributed by atoms with Gasteiger partial charge in [0.15, 0.2) is 6.61 Å². The topological polar surface area (TPSA) is 111 Å². The fourth-order valence-corrected chi connectivity index (χ4v) is 2.96. The van der Waals surface area contributed by atoms with Gasteiger partial charge in [0.05, 0.1) is 11.6 Å². The molecular weight excluding hydrogens is 346 g/mol. The number of fused-ring (bicyclic) bond motifs is 1. The third-order valence-corrected chi connectivity index (χ3v) is 4.37. The van der Waals surface area contributed by atoms with E-state index >= 15 is 0 Å². The third kappa shape index (κ3) is 4.44. The van der Waals surface area contributed by atoms with Gasteiger partial charge in [-0.2, -0.15) is 0 Å². The molecule has 0 bridgehead atoms. The standard InChI is InChI=1S/C20H21N3O4/c1-12(13-6-8-16-14(10-13)7-9-19(25)23-16)22-20(26)15-4-2-3-5-17(15)27-11-18(21)24/h2-6,8,10,12H,7,9,11H2,1H3,(H2,21,24)(H,22,26)(H,23,25). The van der Waals surface area contributed by atoms with Crippen LogP contribution in [-0.2, 0) is 16.0 Å². The number of ether oxygens (including phenoxy) is 1. The maximum Gasteiger partial charge on any atom is 0.255 e. The number of aryl methyl sites for hydroxylation is 1. The Morgan fingerprint density at radius 2 is 2.00 bits per heavy atom. The lowest BCUT2D eigenvalue weighted by Crippen LogP contribution is -2.28. The van der Waals surface area contributed by atoms with Gasteiger partial charge in [0.25, 0.3) is 11.8 Å². The average Bonchev–Trinajstić information content (AvgIpc) is 2.66. The van der Waals surface area contributed by atoms with Crippen LogP contribution in [-0.4, -0.2) is 24.3 Å². The number of hydrogen-bond donors (Lipinski definition) is 3. The van der Waals surface area contributed by atoms with E-state index in [1.54, 1.807) is 24.3 Å². The van der Waals surface area contributed by atoms with Gasteiger partial charge in [-0.3, -0.25) is 14.4 Å². The molecule has 0 fully saturated rings. The summed E-state index contributed by atoms with van der Waals surface area (Å²) < 4.78 is 5.32. The average molecular weight is 367 g/mol. The van der Waals surface area contributed by atoms with Crippen LogP contribution in [0.1, 0.15) is 40.9 Å². The Morgan fingerprint density at radius 1 is 1.22 bits per heavy atom. The van der Waals surface area contributed by atoms with E-state index in [9.17, 15) is 14.4 Å². The highest BCUT2D eigenvalue weighted by Gasteiger charge is 2.19. The van der Waals surface area contributed by atoms with Crippen molar-refractivity contribution >= 4 is 23.4 Å². The Morgan fingerprint density at radius 3 is 2.78 bits per heavy atom. The van der Waals surface area contributed by atoms with E-state index < -0.39 is 5.91 Å². The molecule has 7 heteroatoms. The lowest BCUT2D eigenvalue weighted by Gasteiger charge is -2.21. The Kier molecular flexibility index (Phi) is 5.40. The minimum Gasteiger partial charge on any atom is -0.483 e. The number of hydrogen-bond acceptors (Lipinski definition) is 4. The van der Waals surface area contributed by atoms with Crippen molar-refractivity contribution in [3.8, 4) is 5.75 Å². The first-order valence-electron chi connectivity index (χ1n) is 8.67. The van der Waals surface area contributed by atoms with Crippen LogP contribution in [0.4, 0.5) is 5.69 Å². The number of primary amides is 1. The highest BCUT2D eigenvalue weighted by atomic mass is 16.5. The summed E-state index contributed by atoms with van der Waals surface area (Å²) >= 11 is 0. The summed E-state index contributed by atoms with van der Waals surface area (Å²) in [5.74, 6) is -0.605. The Labute approximate surface area is 156 Å². The monoisotopic (exact) mass is 367 g/mol. The number of nitrogens with one attached hydrogen (secondary N) is 2. The summed E-state index contributed by atoms with van der Waals surface area (Å²) in [5, 5.41) is 5.78. The predicted molar refractivity (Wildman–Crippen MR) is 100 cm³/mol. The number of carbonyl (C=O) groups is 3. The van der Waals surface area contributed by atoms with Crippen LogP contribution >= 0.6 is 0 Å². The maximum atomic E-state index is 12.7. The van der Waals surface area contributed by atoms with Crippen molar-refractivity contribution < 1.29 is 19.1 Å². The van der Waals surface area contributed by atoms with Gasteiger partial charge in [-0.15, -0.1) is 0 Å². The number of amides is 3. The zero-order valence-corrected chi connectivity index (χ0v) is 15.0. The highest BCUT2D eigenvalue weighted by Crippen LogP contribution is 2.26. The van der Waals surface area contributed by atoms with Crippen LogP contribution in [0.3, 0.4) is 0 Å². The van der Waals surface area contributed by atoms with Gasteiger partial charge < -0.3 is 21.1 Å². The Balaban J connectivity index is 1.73. The van der Waals surface area contributed by atoms with Crippen molar-refractivity contribution in [1.29, 1.82) is 0 Å². The van der Waals surface area contributed by atoms with Crippen LogP contribution in [0.5, 0.6) is 5.75 Å². The molecule has 0 aliphatic carbocycles. The number of benzene rings is 2. The molecule has 1 unspecified atom stereocenters. The van der Waals surface area contributed by atoms with Gasteiger partial charge in [-0.1, -0.05) is 24.3 Å². The first kappa shape index (κ1) is 18.4. The summed E-state index contributed by atoms with van der Waals surface area (Å²) in [5.41, 5.74) is 8.24. The van der Waals surface area contributed by atoms with Gasteiger partial charge in [-0.25, -0.2) is 0 Å². The fourth-order valence-electron chi connectivity index (χ4n) is 2.96. The van der Waals surface area contributed by atoms with Crippen LogP contribution in [0.15, 0.2) is 42.5 Å². The second kappa shape index (κ2) is 7.90. The van der Waals surface area contributed by atoms with Gasteiger partial charge in [0.2, 0.25) is 5.91 Å². The highest BCUT2D eigenvalue weighted by molar-refractivity contribution is 5.97. The largest absolute Gasteiger partial charge is 0.483 e. The second-order valence-corrected chi connectivity index (χ2v) is 6.41. The molecule has 1 heterocycles. The van der Waals surface area contributed by atoms with E-state index in [0.717, 1.165) is 16.8 Å². The second-order valence-electron chi connectivity index (χ2n) is 6.41. The molecule has 0 aromatic heterocycles. The van der Waals surface area contributed by atoms with E-state index in [-0.39, 0.29) is 24.5 Å². The molecule has 7 nitrogen and oxygen atoms in total. The van der Waals surface area contributed by atoms with E-state index in [2.05, 4.69) is 10.6 Å². The van der Waals surface area contributed by atoms with E-state index in [4.69, 9.17) is 10.5 Å². The summed E-state index contributed by atoms with van der Waals surface area (Å²) in [6.07, 6.45) is 1.14. The minimum absolute atomic E-state index is 0.0177. The molecule has 0 radical (unpaired) electrons. The quantitative estimate of drug-likeness (QED) is 0.724. The zero-order chi connectivity index (χ0) is 19.4. The number of anilines is 1. The SMILES string of the molecule is CC(NC(=O)c1ccccc1OCC(N)=O)c1ccc2c(c1)CCC(=O)N2. The fraction of sp³-hybridized carbons (Fsp3) is 0.250. The summed E-state index contributed by atoms with van der Waals surface area (Å²) in [7, 11) is 0. The molecule has 0 saturated carbocycles. The number of nitrogens with two attached hydrogens (primary N) is 1. The summed E-state index contributed by atoms with van der Waals surface area (Å²) in [6.45, 7) is 1.59. The molecule has 27 heavy (non-hydrogen) atoms. The lowest BCUT2D eigenvalue weighted by atomic mass is 9.97. The molecule has 1 atom stereocenters. The van der Waals surface area contributed by atoms with Crippen molar-refractivity contribution in [3.63, 3.8) is 0 Å². The third-order valence-electron chi connectivity index (χ3n) is 4.37. The molecule has 2 aromatic carbocycles. The smallest absolute Gasteiger partial charge is 0.255 e. The number of carbonyl (C=O) groups excluding carboxylic acids is 3. The Hall–Kier alpha value is -3.35. The molecule has 3 amide bonds. The first-order valence-corrected chi connectivity index (χ1v) is 8.67. The van der Waals surface area contributed by atoms with Gasteiger partial charge in [-0.05, 0) is 42.7 Å². The lowest BCUT2D eigenvalue weighted by molar-refractivity contribution is -0.120. The number of para-hydroxylation sites is 1. The van der Waals surface area contributed by atoms with E-state index in [0.29, 0.717) is 24.2 Å². The van der Waals surface area contributed by atoms with Gasteiger partial charge >= 0.3 is 0 Å². The molecule has 1 aliphatic rings. The van der Waals surface area contributed by atoms with Crippen molar-refractivity contribution in [2.24, 2.45) is 5.73 Å². The molecule has 0 spiro atoms. The summed E-state index contributed by atoms with van der Waals surface area (Å²) in [6, 6.07) is 12.2. The van der Waals surface area contributed by atoms with Gasteiger partial charge in [0.1, 0.15) is 5.75 Å². The zero-order valence-electron chi connectivity index (χ0n) is 15.0. The van der Waals surface area contributed by atoms with Crippen molar-refractivity contribution in [2.75, 3.05) is 11.9 Å². The molecule has 1 aliphatic heterocycles. The van der Waals surface area contributed by atoms with Crippen LogP contribution < -0.4 is 21.1 Å². The van der Waals surface area contributed by atoms with Crippen LogP contribution in [0.25, 0.3) is 0 Å². The molecule has 0 saturated heterocycles. The maximum absolute atomic E-state index is 12.7. The molecular formula is C20H21N3O4. The normalized spacial score (nSPS) is 13.9. The van der Waals surface area contributed by atoms with Crippen LogP contribution in [0.2, 0.25) is 0 Å². The van der Waals surface area contributed by atoms with Crippen molar-refractivity contribution in [1.82, 2.24) is 5.32 Å². The number of rotatable bonds is 6. The van der Waals surface area contributed by atoms with Crippen molar-refractivity contribution in [3.05, 3.63) is 59.2 Å². The van der Waals surface area contributed by atoms with E-state index in [1.807, 2.05) is 25.1 Å². The van der Waals surface area contributed by atoms with E-state index in [1.165, 1.54) is 0 Å². The molecule has 140 valence electrons. The minimum atomic E-state index is -0.611. The first-order chi connectivity index (χ1) is 12.9.